The van der Waals surface area contributed by atoms with Gasteiger partial charge in [0.2, 0.25) is 0 Å². The second-order valence-corrected chi connectivity index (χ2v) is 4.46. The number of hydrogen-bond donors (Lipinski definition) is 0. The first kappa shape index (κ1) is 11.2. The predicted molar refractivity (Wildman–Crippen MR) is 63.5 cm³/mol. The molecule has 1 aromatic carbocycles. The second kappa shape index (κ2) is 4.30. The van der Waals surface area contributed by atoms with Crippen molar-refractivity contribution >= 4 is 17.6 Å². The van der Waals surface area contributed by atoms with Gasteiger partial charge in [0.25, 0.3) is 0 Å². The van der Waals surface area contributed by atoms with Crippen LogP contribution in [-0.2, 0) is 9.53 Å². The predicted octanol–water partition coefficient (Wildman–Crippen LogP) is 3.32. The Labute approximate surface area is 99.9 Å². The molecule has 2 unspecified atom stereocenters. The van der Waals surface area contributed by atoms with E-state index < -0.39 is 0 Å². The summed E-state index contributed by atoms with van der Waals surface area (Å²) in [6.07, 6.45) is 0.660. The summed E-state index contributed by atoms with van der Waals surface area (Å²) in [5.74, 6) is -0.339. The maximum atomic E-state index is 11.5. The number of cyclic esters (lactones) is 1. The van der Waals surface area contributed by atoms with Crippen LogP contribution in [0.4, 0.5) is 0 Å². The van der Waals surface area contributed by atoms with Gasteiger partial charge < -0.3 is 4.74 Å². The molecule has 2 rings (SSSR count). The molecule has 1 aromatic rings. The smallest absolute Gasteiger partial charge is 0.334 e. The lowest BCUT2D eigenvalue weighted by Crippen LogP contribution is -2.28. The number of rotatable bonds is 1. The van der Waals surface area contributed by atoms with Gasteiger partial charge in [-0.15, -0.1) is 0 Å². The van der Waals surface area contributed by atoms with Crippen LogP contribution in [0.15, 0.2) is 36.4 Å². The molecule has 0 N–H and O–H groups in total. The quantitative estimate of drug-likeness (QED) is 0.552. The normalized spacial score (nSPS) is 25.4. The number of benzene rings is 1. The molecule has 0 amide bonds. The van der Waals surface area contributed by atoms with Gasteiger partial charge >= 0.3 is 5.97 Å². The lowest BCUT2D eigenvalue weighted by molar-refractivity contribution is -0.147. The average molecular weight is 237 g/mol. The van der Waals surface area contributed by atoms with Crippen LogP contribution in [0, 0.1) is 0 Å². The zero-order valence-electron chi connectivity index (χ0n) is 9.07. The van der Waals surface area contributed by atoms with Gasteiger partial charge in [-0.2, -0.15) is 0 Å². The minimum absolute atomic E-state index is 0.0232. The Hall–Kier alpha value is -1.28. The molecule has 0 saturated carbocycles. The van der Waals surface area contributed by atoms with Crippen molar-refractivity contribution in [3.05, 3.63) is 47.0 Å². The molecule has 16 heavy (non-hydrogen) atoms. The fraction of sp³-hybridized carbons (Fsp3) is 0.308. The zero-order valence-corrected chi connectivity index (χ0v) is 9.83. The Morgan fingerprint density at radius 2 is 2.12 bits per heavy atom. The lowest BCUT2D eigenvalue weighted by atomic mass is 9.85. The van der Waals surface area contributed by atoms with Crippen molar-refractivity contribution in [2.24, 2.45) is 0 Å². The highest BCUT2D eigenvalue weighted by molar-refractivity contribution is 6.31. The first-order chi connectivity index (χ1) is 7.59. The van der Waals surface area contributed by atoms with E-state index in [1.807, 2.05) is 31.2 Å². The lowest BCUT2D eigenvalue weighted by Gasteiger charge is -2.29. The number of carbonyl (C=O) groups is 1. The van der Waals surface area contributed by atoms with Crippen LogP contribution in [-0.4, -0.2) is 12.1 Å². The highest BCUT2D eigenvalue weighted by Gasteiger charge is 2.31. The Kier molecular flexibility index (Phi) is 3.01. The first-order valence-corrected chi connectivity index (χ1v) is 5.61. The van der Waals surface area contributed by atoms with Crippen molar-refractivity contribution in [2.45, 2.75) is 25.4 Å². The maximum absolute atomic E-state index is 11.5. The molecule has 2 nitrogen and oxygen atoms in total. The average Bonchev–Trinajstić information content (AvgIpc) is 2.24. The van der Waals surface area contributed by atoms with Crippen LogP contribution in [0.25, 0.3) is 0 Å². The van der Waals surface area contributed by atoms with Gasteiger partial charge in [-0.25, -0.2) is 4.79 Å². The number of carbonyl (C=O) groups excluding carboxylic acids is 1. The van der Waals surface area contributed by atoms with Gasteiger partial charge in [-0.05, 0) is 25.0 Å². The fourth-order valence-electron chi connectivity index (χ4n) is 2.00. The summed E-state index contributed by atoms with van der Waals surface area (Å²) in [5.41, 5.74) is 1.45. The van der Waals surface area contributed by atoms with Gasteiger partial charge in [0, 0.05) is 16.5 Å². The Bertz CT molecular complexity index is 439. The van der Waals surface area contributed by atoms with Crippen molar-refractivity contribution in [2.75, 3.05) is 0 Å². The molecule has 2 atom stereocenters. The van der Waals surface area contributed by atoms with E-state index in [1.54, 1.807) is 0 Å². The molecule has 1 heterocycles. The van der Waals surface area contributed by atoms with Crippen molar-refractivity contribution in [1.82, 2.24) is 0 Å². The van der Waals surface area contributed by atoms with Gasteiger partial charge in [-0.3, -0.25) is 0 Å². The van der Waals surface area contributed by atoms with E-state index >= 15 is 0 Å². The van der Waals surface area contributed by atoms with E-state index in [4.69, 9.17) is 16.3 Å². The van der Waals surface area contributed by atoms with E-state index in [0.29, 0.717) is 10.6 Å². The van der Waals surface area contributed by atoms with Crippen LogP contribution < -0.4 is 0 Å². The Balaban J connectivity index is 2.36. The van der Waals surface area contributed by atoms with Gasteiger partial charge in [0.15, 0.2) is 0 Å². The summed E-state index contributed by atoms with van der Waals surface area (Å²) in [5, 5.41) is 0.676. The molecule has 0 aromatic heterocycles. The summed E-state index contributed by atoms with van der Waals surface area (Å²) in [4.78, 5) is 11.5. The van der Waals surface area contributed by atoms with Crippen molar-refractivity contribution < 1.29 is 9.53 Å². The molecule has 1 aliphatic heterocycles. The minimum Gasteiger partial charge on any atom is -0.459 e. The summed E-state index contributed by atoms with van der Waals surface area (Å²) in [7, 11) is 0. The van der Waals surface area contributed by atoms with Gasteiger partial charge in [0.05, 0.1) is 0 Å². The monoisotopic (exact) mass is 236 g/mol. The number of hydrogen-bond acceptors (Lipinski definition) is 2. The molecule has 0 spiro atoms. The Morgan fingerprint density at radius 1 is 1.44 bits per heavy atom. The van der Waals surface area contributed by atoms with Gasteiger partial charge in [0.1, 0.15) is 6.10 Å². The molecule has 1 saturated heterocycles. The van der Waals surface area contributed by atoms with Crippen LogP contribution in [0.5, 0.6) is 0 Å². The number of ether oxygens (including phenoxy) is 1. The van der Waals surface area contributed by atoms with Crippen molar-refractivity contribution in [3.63, 3.8) is 0 Å². The molecule has 0 radical (unpaired) electrons. The molecule has 84 valence electrons. The molecule has 1 fully saturated rings. The minimum atomic E-state index is -0.316. The Morgan fingerprint density at radius 3 is 2.81 bits per heavy atom. The summed E-state index contributed by atoms with van der Waals surface area (Å²) in [6.45, 7) is 5.68. The van der Waals surface area contributed by atoms with Crippen molar-refractivity contribution in [1.29, 1.82) is 0 Å². The summed E-state index contributed by atoms with van der Waals surface area (Å²) in [6, 6.07) is 7.55. The third-order valence-electron chi connectivity index (χ3n) is 2.84. The SMILES string of the molecule is C=C1C(=O)OC(C)CC1c1ccccc1Cl. The fourth-order valence-corrected chi connectivity index (χ4v) is 2.26. The van der Waals surface area contributed by atoms with E-state index in [9.17, 15) is 4.79 Å². The maximum Gasteiger partial charge on any atom is 0.334 e. The first-order valence-electron chi connectivity index (χ1n) is 5.24. The van der Waals surface area contributed by atoms with Crippen molar-refractivity contribution in [3.8, 4) is 0 Å². The third-order valence-corrected chi connectivity index (χ3v) is 3.18. The van der Waals surface area contributed by atoms with Crippen LogP contribution in [0.2, 0.25) is 5.02 Å². The van der Waals surface area contributed by atoms with Crippen LogP contribution >= 0.6 is 11.6 Å². The van der Waals surface area contributed by atoms with E-state index in [1.165, 1.54) is 0 Å². The highest BCUT2D eigenvalue weighted by atomic mass is 35.5. The standard InChI is InChI=1S/C13H13ClO2/c1-8-7-11(9(2)13(15)16-8)10-5-3-4-6-12(10)14/h3-6,8,11H,2,7H2,1H3. The molecular weight excluding hydrogens is 224 g/mol. The molecule has 3 heteroatoms. The summed E-state index contributed by atoms with van der Waals surface area (Å²) >= 11 is 6.13. The number of esters is 1. The molecule has 1 aliphatic rings. The summed E-state index contributed by atoms with van der Waals surface area (Å²) < 4.78 is 5.11. The molecular formula is C13H13ClO2. The van der Waals surface area contributed by atoms with E-state index in [0.717, 1.165) is 12.0 Å². The molecule has 0 bridgehead atoms. The second-order valence-electron chi connectivity index (χ2n) is 4.05. The van der Waals surface area contributed by atoms with Gasteiger partial charge in [-0.1, -0.05) is 36.4 Å². The number of halogens is 1. The highest BCUT2D eigenvalue weighted by Crippen LogP contribution is 2.37. The largest absolute Gasteiger partial charge is 0.459 e. The third kappa shape index (κ3) is 1.98. The van der Waals surface area contributed by atoms with Crippen LogP contribution in [0.3, 0.4) is 0 Å². The zero-order chi connectivity index (χ0) is 11.7. The van der Waals surface area contributed by atoms with E-state index in [2.05, 4.69) is 6.58 Å². The van der Waals surface area contributed by atoms with Crippen LogP contribution in [0.1, 0.15) is 24.8 Å². The van der Waals surface area contributed by atoms with E-state index in [-0.39, 0.29) is 18.0 Å². The molecule has 0 aliphatic carbocycles. The topological polar surface area (TPSA) is 26.3 Å².